The van der Waals surface area contributed by atoms with Crippen molar-refractivity contribution in [3.05, 3.63) is 47.4 Å². The molecule has 0 aliphatic carbocycles. The molecule has 0 radical (unpaired) electrons. The number of benzene rings is 1. The van der Waals surface area contributed by atoms with Gasteiger partial charge in [0.1, 0.15) is 17.4 Å². The van der Waals surface area contributed by atoms with Gasteiger partial charge < -0.3 is 14.9 Å². The molecule has 0 spiro atoms. The third kappa shape index (κ3) is 3.43. The minimum absolute atomic E-state index is 0.413. The maximum Gasteiger partial charge on any atom is 0.144 e. The third-order valence-corrected chi connectivity index (χ3v) is 2.81. The molecular formula is C14H18N4O2. The monoisotopic (exact) mass is 274 g/mol. The zero-order valence-corrected chi connectivity index (χ0v) is 11.6. The van der Waals surface area contributed by atoms with Crippen molar-refractivity contribution in [2.75, 3.05) is 19.6 Å². The van der Waals surface area contributed by atoms with Crippen molar-refractivity contribution in [2.24, 2.45) is 5.84 Å². The number of anilines is 1. The summed E-state index contributed by atoms with van der Waals surface area (Å²) in [7, 11) is 3.27. The molecule has 0 fully saturated rings. The first-order valence-electron chi connectivity index (χ1n) is 6.21. The third-order valence-electron chi connectivity index (χ3n) is 2.81. The second-order valence-electron chi connectivity index (χ2n) is 4.23. The number of methoxy groups -OCH3 is 2. The largest absolute Gasteiger partial charge is 0.496 e. The number of hydrazine groups is 1. The molecule has 1 aromatic carbocycles. The van der Waals surface area contributed by atoms with Gasteiger partial charge in [0.15, 0.2) is 0 Å². The van der Waals surface area contributed by atoms with Crippen molar-refractivity contribution in [2.45, 2.75) is 13.0 Å². The highest BCUT2D eigenvalue weighted by atomic mass is 16.5. The Bertz CT molecular complexity index is 575. The van der Waals surface area contributed by atoms with Crippen LogP contribution in [0.1, 0.15) is 17.1 Å². The van der Waals surface area contributed by atoms with Crippen molar-refractivity contribution >= 4 is 5.82 Å². The Morgan fingerprint density at radius 3 is 2.70 bits per heavy atom. The van der Waals surface area contributed by atoms with Crippen LogP contribution in [0.5, 0.6) is 5.75 Å². The van der Waals surface area contributed by atoms with Crippen molar-refractivity contribution in [1.82, 2.24) is 9.97 Å². The van der Waals surface area contributed by atoms with E-state index in [4.69, 9.17) is 15.3 Å². The number of rotatable bonds is 6. The maximum atomic E-state index is 5.43. The van der Waals surface area contributed by atoms with Crippen LogP contribution in [0, 0.1) is 0 Å². The normalized spacial score (nSPS) is 10.3. The van der Waals surface area contributed by atoms with Crippen LogP contribution in [0.25, 0.3) is 0 Å². The van der Waals surface area contributed by atoms with E-state index in [0.29, 0.717) is 24.7 Å². The van der Waals surface area contributed by atoms with Crippen molar-refractivity contribution < 1.29 is 9.47 Å². The SMILES string of the molecule is COCc1cc(NN)nc(Cc2ccccc2OC)n1. The first kappa shape index (κ1) is 14.2. The van der Waals surface area contributed by atoms with Gasteiger partial charge in [-0.15, -0.1) is 0 Å². The molecule has 0 amide bonds. The van der Waals surface area contributed by atoms with Crippen LogP contribution < -0.4 is 16.0 Å². The molecular weight excluding hydrogens is 256 g/mol. The average Bonchev–Trinajstić information content (AvgIpc) is 2.48. The fourth-order valence-electron chi connectivity index (χ4n) is 1.95. The molecule has 0 aliphatic heterocycles. The Labute approximate surface area is 117 Å². The fourth-order valence-corrected chi connectivity index (χ4v) is 1.95. The van der Waals surface area contributed by atoms with Gasteiger partial charge in [-0.1, -0.05) is 18.2 Å². The fraction of sp³-hybridized carbons (Fsp3) is 0.286. The number of nitrogen functional groups attached to an aromatic ring is 1. The van der Waals surface area contributed by atoms with E-state index >= 15 is 0 Å². The quantitative estimate of drug-likeness (QED) is 0.613. The molecule has 0 atom stereocenters. The number of ether oxygens (including phenoxy) is 2. The number of para-hydroxylation sites is 1. The predicted octanol–water partition coefficient (Wildman–Crippen LogP) is 1.51. The molecule has 0 unspecified atom stereocenters. The number of nitrogens with two attached hydrogens (primary N) is 1. The van der Waals surface area contributed by atoms with E-state index in [9.17, 15) is 0 Å². The maximum absolute atomic E-state index is 5.43. The minimum Gasteiger partial charge on any atom is -0.496 e. The molecule has 2 rings (SSSR count). The van der Waals surface area contributed by atoms with E-state index in [1.165, 1.54) is 0 Å². The zero-order chi connectivity index (χ0) is 14.4. The van der Waals surface area contributed by atoms with Gasteiger partial charge in [-0.25, -0.2) is 15.8 Å². The van der Waals surface area contributed by atoms with E-state index in [1.807, 2.05) is 24.3 Å². The molecule has 6 nitrogen and oxygen atoms in total. The minimum atomic E-state index is 0.413. The van der Waals surface area contributed by atoms with Gasteiger partial charge in [0, 0.05) is 25.2 Å². The lowest BCUT2D eigenvalue weighted by atomic mass is 10.1. The first-order chi connectivity index (χ1) is 9.76. The standard InChI is InChI=1S/C14H18N4O2/c1-19-9-11-8-14(18-15)17-13(16-11)7-10-5-3-4-6-12(10)20-2/h3-6,8H,7,9,15H2,1-2H3,(H,16,17,18). The first-order valence-corrected chi connectivity index (χ1v) is 6.21. The molecule has 1 aromatic heterocycles. The van der Waals surface area contributed by atoms with Crippen LogP contribution in [0.2, 0.25) is 0 Å². The summed E-state index contributed by atoms with van der Waals surface area (Å²) in [6.45, 7) is 0.413. The van der Waals surface area contributed by atoms with Gasteiger partial charge in [0.2, 0.25) is 0 Å². The molecule has 20 heavy (non-hydrogen) atoms. The highest BCUT2D eigenvalue weighted by Crippen LogP contribution is 2.20. The van der Waals surface area contributed by atoms with Crippen molar-refractivity contribution in [1.29, 1.82) is 0 Å². The Morgan fingerprint density at radius 1 is 1.20 bits per heavy atom. The Balaban J connectivity index is 2.30. The van der Waals surface area contributed by atoms with Crippen molar-refractivity contribution in [3.63, 3.8) is 0 Å². The Hall–Kier alpha value is -2.18. The van der Waals surface area contributed by atoms with E-state index in [1.54, 1.807) is 20.3 Å². The van der Waals surface area contributed by atoms with Gasteiger partial charge in [-0.05, 0) is 6.07 Å². The van der Waals surface area contributed by atoms with Crippen LogP contribution in [-0.4, -0.2) is 24.2 Å². The summed E-state index contributed by atoms with van der Waals surface area (Å²) < 4.78 is 10.4. The zero-order valence-electron chi connectivity index (χ0n) is 11.6. The molecule has 2 aromatic rings. The summed E-state index contributed by atoms with van der Waals surface area (Å²) in [4.78, 5) is 8.80. The number of hydrogen-bond acceptors (Lipinski definition) is 6. The summed E-state index contributed by atoms with van der Waals surface area (Å²) in [5.41, 5.74) is 4.34. The van der Waals surface area contributed by atoms with Crippen LogP contribution >= 0.6 is 0 Å². The van der Waals surface area contributed by atoms with E-state index in [-0.39, 0.29) is 0 Å². The second kappa shape index (κ2) is 6.83. The van der Waals surface area contributed by atoms with Gasteiger partial charge in [0.25, 0.3) is 0 Å². The van der Waals surface area contributed by atoms with Gasteiger partial charge in [-0.3, -0.25) is 0 Å². The highest BCUT2D eigenvalue weighted by molar-refractivity contribution is 5.38. The Morgan fingerprint density at radius 2 is 2.00 bits per heavy atom. The number of aromatic nitrogens is 2. The lowest BCUT2D eigenvalue weighted by molar-refractivity contribution is 0.181. The lowest BCUT2D eigenvalue weighted by Crippen LogP contribution is -2.12. The average molecular weight is 274 g/mol. The van der Waals surface area contributed by atoms with Crippen LogP contribution in [0.15, 0.2) is 30.3 Å². The number of nitrogens with one attached hydrogen (secondary N) is 1. The molecule has 0 saturated heterocycles. The number of hydrogen-bond donors (Lipinski definition) is 2. The van der Waals surface area contributed by atoms with E-state index in [0.717, 1.165) is 17.0 Å². The van der Waals surface area contributed by atoms with Crippen LogP contribution in [0.4, 0.5) is 5.82 Å². The second-order valence-corrected chi connectivity index (χ2v) is 4.23. The summed E-state index contributed by atoms with van der Waals surface area (Å²) in [6.07, 6.45) is 0.566. The van der Waals surface area contributed by atoms with Gasteiger partial charge >= 0.3 is 0 Å². The molecule has 6 heteroatoms. The summed E-state index contributed by atoms with van der Waals surface area (Å²) in [5.74, 6) is 7.47. The molecule has 3 N–H and O–H groups in total. The molecule has 0 aliphatic rings. The molecule has 0 bridgehead atoms. The molecule has 106 valence electrons. The van der Waals surface area contributed by atoms with Crippen molar-refractivity contribution in [3.8, 4) is 5.75 Å². The van der Waals surface area contributed by atoms with Crippen LogP contribution in [-0.2, 0) is 17.8 Å². The number of nitrogens with zero attached hydrogens (tertiary/aromatic N) is 2. The van der Waals surface area contributed by atoms with Crippen LogP contribution in [0.3, 0.4) is 0 Å². The van der Waals surface area contributed by atoms with E-state index < -0.39 is 0 Å². The predicted molar refractivity (Wildman–Crippen MR) is 76.4 cm³/mol. The van der Waals surface area contributed by atoms with Gasteiger partial charge in [-0.2, -0.15) is 0 Å². The summed E-state index contributed by atoms with van der Waals surface area (Å²) in [5, 5.41) is 0. The smallest absolute Gasteiger partial charge is 0.144 e. The summed E-state index contributed by atoms with van der Waals surface area (Å²) >= 11 is 0. The van der Waals surface area contributed by atoms with E-state index in [2.05, 4.69) is 15.4 Å². The van der Waals surface area contributed by atoms with Gasteiger partial charge in [0.05, 0.1) is 19.4 Å². The summed E-state index contributed by atoms with van der Waals surface area (Å²) in [6, 6.07) is 9.54. The topological polar surface area (TPSA) is 82.3 Å². The molecule has 0 saturated carbocycles. The molecule has 1 heterocycles. The Kier molecular flexibility index (Phi) is 4.86. The lowest BCUT2D eigenvalue weighted by Gasteiger charge is -2.10. The highest BCUT2D eigenvalue weighted by Gasteiger charge is 2.08.